The molecule has 0 aliphatic rings. The predicted octanol–water partition coefficient (Wildman–Crippen LogP) is 5.13. The van der Waals surface area contributed by atoms with Gasteiger partial charge in [0, 0.05) is 28.2 Å². The molecule has 37 heavy (non-hydrogen) atoms. The lowest BCUT2D eigenvalue weighted by Gasteiger charge is -2.22. The number of anilines is 1. The molecule has 4 rings (SSSR count). The number of hydrazone groups is 1. The summed E-state index contributed by atoms with van der Waals surface area (Å²) in [6, 6.07) is 26.1. The normalized spacial score (nSPS) is 11.6. The Morgan fingerprint density at radius 3 is 2.22 bits per heavy atom. The summed E-state index contributed by atoms with van der Waals surface area (Å²) in [4.78, 5) is 12.7. The van der Waals surface area contributed by atoms with Gasteiger partial charge < -0.3 is 4.57 Å². The van der Waals surface area contributed by atoms with Crippen molar-refractivity contribution in [3.05, 3.63) is 119 Å². The van der Waals surface area contributed by atoms with Crippen LogP contribution in [-0.2, 0) is 16.6 Å². The highest BCUT2D eigenvalue weighted by Crippen LogP contribution is 2.22. The van der Waals surface area contributed by atoms with Crippen LogP contribution < -0.4 is 9.73 Å². The number of rotatable bonds is 8. The van der Waals surface area contributed by atoms with Crippen LogP contribution in [0.15, 0.2) is 90.0 Å². The molecule has 0 aliphatic heterocycles. The van der Waals surface area contributed by atoms with E-state index in [0.29, 0.717) is 11.3 Å². The number of aryl methyl sites for hydroxylation is 2. The number of nitrogens with zero attached hydrogens (tertiary/aromatic N) is 3. The minimum absolute atomic E-state index is 0.205. The van der Waals surface area contributed by atoms with Gasteiger partial charge in [-0.1, -0.05) is 48.0 Å². The number of hydrogen-bond donors (Lipinski definition) is 1. The van der Waals surface area contributed by atoms with Gasteiger partial charge in [0.25, 0.3) is 5.91 Å². The number of benzene rings is 3. The number of sulfonamides is 1. The highest BCUT2D eigenvalue weighted by atomic mass is 32.2. The molecule has 1 amide bonds. The second kappa shape index (κ2) is 10.8. The van der Waals surface area contributed by atoms with Gasteiger partial charge in [-0.3, -0.25) is 9.10 Å². The first-order valence-corrected chi connectivity index (χ1v) is 13.7. The van der Waals surface area contributed by atoms with Crippen molar-refractivity contribution in [2.75, 3.05) is 10.6 Å². The lowest BCUT2D eigenvalue weighted by molar-refractivity contribution is 0.0955. The monoisotopic (exact) mass is 514 g/mol. The highest BCUT2D eigenvalue weighted by molar-refractivity contribution is 7.92. The maximum atomic E-state index is 12.7. The molecule has 0 saturated heterocycles. The molecule has 0 atom stereocenters. The van der Waals surface area contributed by atoms with Crippen molar-refractivity contribution in [2.45, 2.75) is 27.3 Å². The van der Waals surface area contributed by atoms with Crippen molar-refractivity contribution in [3.8, 4) is 5.69 Å². The Labute approximate surface area is 218 Å². The summed E-state index contributed by atoms with van der Waals surface area (Å²) in [6.07, 6.45) is 2.80. The molecular formula is C29H30N4O3S. The fourth-order valence-electron chi connectivity index (χ4n) is 4.16. The maximum Gasteiger partial charge on any atom is 0.271 e. The van der Waals surface area contributed by atoms with Crippen molar-refractivity contribution >= 4 is 27.8 Å². The molecule has 0 saturated carbocycles. The minimum Gasteiger partial charge on any atom is -0.318 e. The first-order valence-electron chi connectivity index (χ1n) is 11.8. The fourth-order valence-corrected chi connectivity index (χ4v) is 5.05. The minimum atomic E-state index is -3.51. The zero-order valence-electron chi connectivity index (χ0n) is 21.3. The molecule has 4 aromatic rings. The SMILES string of the molecule is Cc1ccc(-n2c(C)cc(/C=N\NC(=O)c3ccc(N(Cc4ccccc4)S(C)(=O)=O)cc3)c2C)cc1. The second-order valence-electron chi connectivity index (χ2n) is 9.00. The average molecular weight is 515 g/mol. The molecule has 0 spiro atoms. The van der Waals surface area contributed by atoms with E-state index in [-0.39, 0.29) is 12.5 Å². The van der Waals surface area contributed by atoms with Crippen molar-refractivity contribution in [3.63, 3.8) is 0 Å². The summed E-state index contributed by atoms with van der Waals surface area (Å²) in [7, 11) is -3.51. The summed E-state index contributed by atoms with van der Waals surface area (Å²) in [5.74, 6) is -0.385. The molecule has 7 nitrogen and oxygen atoms in total. The number of hydrogen-bond acceptors (Lipinski definition) is 4. The van der Waals surface area contributed by atoms with Crippen molar-refractivity contribution in [1.82, 2.24) is 9.99 Å². The topological polar surface area (TPSA) is 83.8 Å². The van der Waals surface area contributed by atoms with Crippen molar-refractivity contribution in [1.29, 1.82) is 0 Å². The molecule has 0 radical (unpaired) electrons. The fraction of sp³-hybridized carbons (Fsp3) is 0.172. The molecule has 1 N–H and O–H groups in total. The number of carbonyl (C=O) groups excluding carboxylic acids is 1. The van der Waals surface area contributed by atoms with E-state index in [1.165, 1.54) is 16.1 Å². The van der Waals surface area contributed by atoms with E-state index in [1.807, 2.05) is 50.2 Å². The van der Waals surface area contributed by atoms with Crippen LogP contribution in [0.25, 0.3) is 5.69 Å². The largest absolute Gasteiger partial charge is 0.318 e. The summed E-state index contributed by atoms with van der Waals surface area (Å²) < 4.78 is 28.3. The first kappa shape index (κ1) is 25.9. The highest BCUT2D eigenvalue weighted by Gasteiger charge is 2.18. The van der Waals surface area contributed by atoms with E-state index in [4.69, 9.17) is 0 Å². The molecule has 0 aliphatic carbocycles. The van der Waals surface area contributed by atoms with Crippen molar-refractivity contribution < 1.29 is 13.2 Å². The van der Waals surface area contributed by atoms with Gasteiger partial charge in [0.15, 0.2) is 0 Å². The average Bonchev–Trinajstić information content (AvgIpc) is 3.16. The van der Waals surface area contributed by atoms with E-state index in [9.17, 15) is 13.2 Å². The smallest absolute Gasteiger partial charge is 0.271 e. The molecular weight excluding hydrogens is 484 g/mol. The number of carbonyl (C=O) groups is 1. The lowest BCUT2D eigenvalue weighted by Crippen LogP contribution is -2.29. The Morgan fingerprint density at radius 1 is 0.946 bits per heavy atom. The van der Waals surface area contributed by atoms with Gasteiger partial charge in [-0.15, -0.1) is 0 Å². The van der Waals surface area contributed by atoms with Crippen LogP contribution in [0.1, 0.15) is 38.4 Å². The molecule has 0 fully saturated rings. The van der Waals surface area contributed by atoms with Crippen LogP contribution in [0.4, 0.5) is 5.69 Å². The Hall–Kier alpha value is -4.17. The predicted molar refractivity (Wildman–Crippen MR) is 149 cm³/mol. The van der Waals surface area contributed by atoms with Crippen LogP contribution >= 0.6 is 0 Å². The second-order valence-corrected chi connectivity index (χ2v) is 10.9. The van der Waals surface area contributed by atoms with E-state index in [0.717, 1.165) is 28.2 Å². The molecule has 8 heteroatoms. The number of nitrogens with one attached hydrogen (secondary N) is 1. The zero-order chi connectivity index (χ0) is 26.6. The van der Waals surface area contributed by atoms with Gasteiger partial charge >= 0.3 is 0 Å². The van der Waals surface area contributed by atoms with Crippen molar-refractivity contribution in [2.24, 2.45) is 5.10 Å². The summed E-state index contributed by atoms with van der Waals surface area (Å²) >= 11 is 0. The van der Waals surface area contributed by atoms with E-state index in [1.54, 1.807) is 30.5 Å². The number of aromatic nitrogens is 1. The molecule has 0 unspecified atom stereocenters. The van der Waals surface area contributed by atoms with Gasteiger partial charge in [-0.2, -0.15) is 5.10 Å². The van der Waals surface area contributed by atoms with Crippen LogP contribution in [0, 0.1) is 20.8 Å². The Morgan fingerprint density at radius 2 is 1.59 bits per heavy atom. The summed E-state index contributed by atoms with van der Waals surface area (Å²) in [6.45, 7) is 6.30. The van der Waals surface area contributed by atoms with Gasteiger partial charge in [-0.25, -0.2) is 13.8 Å². The molecule has 3 aromatic carbocycles. The van der Waals surface area contributed by atoms with Gasteiger partial charge in [0.2, 0.25) is 10.0 Å². The summed E-state index contributed by atoms with van der Waals surface area (Å²) in [5.41, 5.74) is 9.53. The molecule has 190 valence electrons. The molecule has 1 heterocycles. The van der Waals surface area contributed by atoms with Gasteiger partial charge in [-0.05, 0) is 68.8 Å². The lowest BCUT2D eigenvalue weighted by atomic mass is 10.2. The van der Waals surface area contributed by atoms with Crippen LogP contribution in [0.3, 0.4) is 0 Å². The van der Waals surface area contributed by atoms with E-state index in [2.05, 4.69) is 46.3 Å². The third kappa shape index (κ3) is 6.16. The Bertz CT molecular complexity index is 1520. The van der Waals surface area contributed by atoms with Crippen LogP contribution in [0.2, 0.25) is 0 Å². The molecule has 0 bridgehead atoms. The standard InChI is InChI=1S/C29H30N4O3S/c1-21-10-14-28(15-11-21)33-22(2)18-26(23(33)3)19-30-31-29(34)25-12-16-27(17-13-25)32(37(4,35)36)20-24-8-6-5-7-9-24/h5-19H,20H2,1-4H3,(H,31,34)/b30-19-. The quantitative estimate of drug-likeness (QED) is 0.261. The van der Waals surface area contributed by atoms with Gasteiger partial charge in [0.05, 0.1) is 24.7 Å². The van der Waals surface area contributed by atoms with E-state index < -0.39 is 10.0 Å². The Balaban J connectivity index is 1.46. The van der Waals surface area contributed by atoms with Crippen LogP contribution in [-0.4, -0.2) is 31.4 Å². The third-order valence-corrected chi connectivity index (χ3v) is 7.26. The van der Waals surface area contributed by atoms with E-state index >= 15 is 0 Å². The third-order valence-electron chi connectivity index (χ3n) is 6.12. The summed E-state index contributed by atoms with van der Waals surface area (Å²) in [5, 5.41) is 4.15. The number of amides is 1. The molecule has 1 aromatic heterocycles. The zero-order valence-corrected chi connectivity index (χ0v) is 22.2. The van der Waals surface area contributed by atoms with Gasteiger partial charge in [0.1, 0.15) is 0 Å². The first-order chi connectivity index (χ1) is 17.6. The maximum absolute atomic E-state index is 12.7. The van der Waals surface area contributed by atoms with Crippen LogP contribution in [0.5, 0.6) is 0 Å². The Kier molecular flexibility index (Phi) is 7.59.